The van der Waals surface area contributed by atoms with E-state index in [1.165, 1.54) is 19.0 Å². The van der Waals surface area contributed by atoms with E-state index in [4.69, 9.17) is 5.73 Å². The smallest absolute Gasteiger partial charge is 0.243 e. The maximum Gasteiger partial charge on any atom is 0.243 e. The van der Waals surface area contributed by atoms with Crippen LogP contribution in [0, 0.1) is 11.6 Å². The largest absolute Gasteiger partial charge is 0.394 e. The molecule has 0 unspecified atom stereocenters. The molecule has 0 saturated heterocycles. The highest BCUT2D eigenvalue weighted by Gasteiger charge is 2.22. The molecule has 9 heteroatoms. The molecule has 0 radical (unpaired) electrons. The molecule has 0 saturated carbocycles. The molecule has 1 aromatic rings. The summed E-state index contributed by atoms with van der Waals surface area (Å²) in [5.41, 5.74) is 4.23. The Morgan fingerprint density at radius 3 is 2.50 bits per heavy atom. The monoisotopic (exact) mass is 307 g/mol. The van der Waals surface area contributed by atoms with Gasteiger partial charge < -0.3 is 10.6 Å². The van der Waals surface area contributed by atoms with E-state index in [2.05, 4.69) is 4.72 Å². The minimum atomic E-state index is -4.19. The Hall–Kier alpha value is -1.74. The lowest BCUT2D eigenvalue weighted by Crippen LogP contribution is -2.30. The van der Waals surface area contributed by atoms with Crippen molar-refractivity contribution in [1.82, 2.24) is 9.62 Å². The summed E-state index contributed by atoms with van der Waals surface area (Å²) < 4.78 is 52.3. The third-order valence-electron chi connectivity index (χ3n) is 2.51. The van der Waals surface area contributed by atoms with Gasteiger partial charge in [-0.1, -0.05) is 0 Å². The number of amides is 1. The molecule has 0 spiro atoms. The Kier molecular flexibility index (Phi) is 5.01. The van der Waals surface area contributed by atoms with E-state index in [9.17, 15) is 22.0 Å². The molecule has 6 nitrogen and oxygen atoms in total. The first-order chi connectivity index (χ1) is 9.16. The van der Waals surface area contributed by atoms with Crippen molar-refractivity contribution in [3.05, 3.63) is 23.8 Å². The second-order valence-corrected chi connectivity index (χ2v) is 5.94. The zero-order valence-electron chi connectivity index (χ0n) is 11.0. The van der Waals surface area contributed by atoms with E-state index in [0.29, 0.717) is 0 Å². The first-order valence-electron chi connectivity index (χ1n) is 5.60. The summed E-state index contributed by atoms with van der Waals surface area (Å²) in [4.78, 5) is 11.8. The van der Waals surface area contributed by atoms with Gasteiger partial charge in [0.05, 0.1) is 0 Å². The first-order valence-corrected chi connectivity index (χ1v) is 7.08. The Morgan fingerprint density at radius 1 is 1.35 bits per heavy atom. The summed E-state index contributed by atoms with van der Waals surface area (Å²) in [7, 11) is -1.14. The Balaban J connectivity index is 2.85. The average molecular weight is 307 g/mol. The van der Waals surface area contributed by atoms with Gasteiger partial charge in [-0.15, -0.1) is 0 Å². The second kappa shape index (κ2) is 6.14. The quantitative estimate of drug-likeness (QED) is 0.765. The Morgan fingerprint density at radius 2 is 1.95 bits per heavy atom. The van der Waals surface area contributed by atoms with Gasteiger partial charge in [-0.25, -0.2) is 21.9 Å². The molecular formula is C11H15F2N3O3S. The highest BCUT2D eigenvalue weighted by Crippen LogP contribution is 2.22. The lowest BCUT2D eigenvalue weighted by molar-refractivity contribution is -0.128. The van der Waals surface area contributed by atoms with Crippen LogP contribution in [0.15, 0.2) is 17.0 Å². The number of nitrogens with zero attached hydrogens (tertiary/aromatic N) is 1. The van der Waals surface area contributed by atoms with Crippen LogP contribution >= 0.6 is 0 Å². The minimum absolute atomic E-state index is 0.0788. The SMILES string of the molecule is CN(C)C(=O)CCNS(=O)(=O)c1ccc(F)c(N)c1F. The van der Waals surface area contributed by atoms with Gasteiger partial charge in [0.25, 0.3) is 0 Å². The molecule has 0 aliphatic rings. The van der Waals surface area contributed by atoms with Gasteiger partial charge in [0, 0.05) is 27.1 Å². The van der Waals surface area contributed by atoms with Crippen LogP contribution in [0.5, 0.6) is 0 Å². The molecule has 112 valence electrons. The summed E-state index contributed by atoms with van der Waals surface area (Å²) in [5, 5.41) is 0. The van der Waals surface area contributed by atoms with E-state index in [-0.39, 0.29) is 18.9 Å². The van der Waals surface area contributed by atoms with Crippen LogP contribution in [0.1, 0.15) is 6.42 Å². The van der Waals surface area contributed by atoms with Gasteiger partial charge in [0.15, 0.2) is 5.82 Å². The number of anilines is 1. The van der Waals surface area contributed by atoms with Crippen molar-refractivity contribution in [2.24, 2.45) is 0 Å². The van der Waals surface area contributed by atoms with E-state index in [0.717, 1.165) is 12.1 Å². The number of carbonyl (C=O) groups excluding carboxylic acids is 1. The highest BCUT2D eigenvalue weighted by molar-refractivity contribution is 7.89. The predicted octanol–water partition coefficient (Wildman–Crippen LogP) is 0.304. The van der Waals surface area contributed by atoms with Crippen molar-refractivity contribution >= 4 is 21.6 Å². The molecule has 1 aromatic carbocycles. The number of halogens is 2. The van der Waals surface area contributed by atoms with Crippen LogP contribution in [0.25, 0.3) is 0 Å². The number of nitrogens with one attached hydrogen (secondary N) is 1. The molecule has 20 heavy (non-hydrogen) atoms. The van der Waals surface area contributed by atoms with Gasteiger partial charge in [0.2, 0.25) is 15.9 Å². The Labute approximate surface area is 115 Å². The molecule has 0 aliphatic heterocycles. The van der Waals surface area contributed by atoms with Crippen molar-refractivity contribution < 1.29 is 22.0 Å². The van der Waals surface area contributed by atoms with Crippen molar-refractivity contribution in [3.63, 3.8) is 0 Å². The average Bonchev–Trinajstić information content (AvgIpc) is 2.35. The van der Waals surface area contributed by atoms with E-state index >= 15 is 0 Å². The van der Waals surface area contributed by atoms with Crippen LogP contribution in [-0.4, -0.2) is 39.9 Å². The fourth-order valence-electron chi connectivity index (χ4n) is 1.35. The number of sulfonamides is 1. The second-order valence-electron chi connectivity index (χ2n) is 4.21. The molecule has 0 aromatic heterocycles. The molecule has 1 amide bonds. The van der Waals surface area contributed by atoms with Gasteiger partial charge in [-0.3, -0.25) is 4.79 Å². The third-order valence-corrected chi connectivity index (χ3v) is 3.99. The van der Waals surface area contributed by atoms with Gasteiger partial charge in [-0.05, 0) is 12.1 Å². The van der Waals surface area contributed by atoms with E-state index in [1.807, 2.05) is 0 Å². The summed E-state index contributed by atoms with van der Waals surface area (Å²) in [6.07, 6.45) is -0.0788. The first kappa shape index (κ1) is 16.3. The number of hydrogen-bond donors (Lipinski definition) is 2. The number of rotatable bonds is 5. The van der Waals surface area contributed by atoms with Crippen molar-refractivity contribution in [3.8, 4) is 0 Å². The van der Waals surface area contributed by atoms with Crippen LogP contribution in [0.4, 0.5) is 14.5 Å². The molecule has 0 bridgehead atoms. The molecule has 0 fully saturated rings. The topological polar surface area (TPSA) is 92.5 Å². The normalized spacial score (nSPS) is 11.4. The summed E-state index contributed by atoms with van der Waals surface area (Å²) in [5.74, 6) is -2.67. The number of hydrogen-bond acceptors (Lipinski definition) is 4. The van der Waals surface area contributed by atoms with Crippen LogP contribution in [0.3, 0.4) is 0 Å². The van der Waals surface area contributed by atoms with E-state index in [1.54, 1.807) is 0 Å². The van der Waals surface area contributed by atoms with Crippen molar-refractivity contribution in [1.29, 1.82) is 0 Å². The fourth-order valence-corrected chi connectivity index (χ4v) is 2.47. The van der Waals surface area contributed by atoms with Crippen molar-refractivity contribution in [2.75, 3.05) is 26.4 Å². The lowest BCUT2D eigenvalue weighted by atomic mass is 10.3. The summed E-state index contributed by atoms with van der Waals surface area (Å²) in [6.45, 7) is -0.198. The third kappa shape index (κ3) is 3.64. The number of carbonyl (C=O) groups is 1. The molecule has 0 heterocycles. The molecule has 1 rings (SSSR count). The minimum Gasteiger partial charge on any atom is -0.394 e. The number of nitrogen functional groups attached to an aromatic ring is 1. The predicted molar refractivity (Wildman–Crippen MR) is 69.3 cm³/mol. The highest BCUT2D eigenvalue weighted by atomic mass is 32.2. The van der Waals surface area contributed by atoms with Crippen molar-refractivity contribution in [2.45, 2.75) is 11.3 Å². The van der Waals surface area contributed by atoms with Crippen LogP contribution in [-0.2, 0) is 14.8 Å². The van der Waals surface area contributed by atoms with Gasteiger partial charge in [-0.2, -0.15) is 0 Å². The van der Waals surface area contributed by atoms with Gasteiger partial charge in [0.1, 0.15) is 16.4 Å². The van der Waals surface area contributed by atoms with Crippen LogP contribution < -0.4 is 10.5 Å². The lowest BCUT2D eigenvalue weighted by Gasteiger charge is -2.11. The zero-order valence-corrected chi connectivity index (χ0v) is 11.8. The fraction of sp³-hybridized carbons (Fsp3) is 0.364. The summed E-state index contributed by atoms with van der Waals surface area (Å²) in [6, 6.07) is 1.54. The maximum atomic E-state index is 13.6. The zero-order chi connectivity index (χ0) is 15.5. The van der Waals surface area contributed by atoms with E-state index < -0.39 is 32.2 Å². The maximum absolute atomic E-state index is 13.6. The molecular weight excluding hydrogens is 292 g/mol. The molecule has 3 N–H and O–H groups in total. The Bertz CT molecular complexity index is 618. The van der Waals surface area contributed by atoms with Crippen LogP contribution in [0.2, 0.25) is 0 Å². The van der Waals surface area contributed by atoms with Gasteiger partial charge >= 0.3 is 0 Å². The molecule has 0 aliphatic carbocycles. The molecule has 0 atom stereocenters. The standard InChI is InChI=1S/C11H15F2N3O3S/c1-16(2)9(17)5-6-15-20(18,19)8-4-3-7(12)11(14)10(8)13/h3-4,15H,5-6,14H2,1-2H3. The number of benzene rings is 1. The number of nitrogens with two attached hydrogens (primary N) is 1. The summed E-state index contributed by atoms with van der Waals surface area (Å²) >= 11 is 0.